The number of Topliss-reactive ketones (excluding diaryl/α,β-unsaturated/α-hetero) is 2. The van der Waals surface area contributed by atoms with Crippen LogP contribution in [-0.2, 0) is 0 Å². The third kappa shape index (κ3) is 3.23. The van der Waals surface area contributed by atoms with Crippen LogP contribution < -0.4 is 9.88 Å². The number of aryl methyl sites for hydroxylation is 2. The number of carbonyl (C=O) groups is 2. The van der Waals surface area contributed by atoms with Gasteiger partial charge in [0.15, 0.2) is 18.1 Å². The molecule has 0 amide bonds. The van der Waals surface area contributed by atoms with Gasteiger partial charge in [-0.25, -0.2) is 0 Å². The van der Waals surface area contributed by atoms with E-state index in [4.69, 9.17) is 11.6 Å². The number of hydrogen-bond donors (Lipinski definition) is 1. The van der Waals surface area contributed by atoms with Gasteiger partial charge in [0, 0.05) is 33.0 Å². The molecule has 28 heavy (non-hydrogen) atoms. The number of rotatable bonds is 3. The number of fused-ring (bicyclic) bond motifs is 1. The van der Waals surface area contributed by atoms with Crippen molar-refractivity contribution in [1.82, 2.24) is 0 Å². The molecule has 0 aliphatic heterocycles. The fraction of sp³-hybridized carbons (Fsp3) is 0.0870. The molecule has 2 aromatic carbocycles. The predicted molar refractivity (Wildman–Crippen MR) is 110 cm³/mol. The Labute approximate surface area is 168 Å². The van der Waals surface area contributed by atoms with Crippen LogP contribution >= 0.6 is 11.6 Å². The Kier molecular flexibility index (Phi) is 4.57. The van der Waals surface area contributed by atoms with E-state index in [2.05, 4.69) is 5.32 Å². The lowest BCUT2D eigenvalue weighted by molar-refractivity contribution is -0.578. The summed E-state index contributed by atoms with van der Waals surface area (Å²) in [6.45, 7) is 3.92. The fourth-order valence-corrected chi connectivity index (χ4v) is 3.57. The van der Waals surface area contributed by atoms with Crippen molar-refractivity contribution in [3.05, 3.63) is 100.0 Å². The highest BCUT2D eigenvalue weighted by molar-refractivity contribution is 6.36. The molecule has 138 valence electrons. The van der Waals surface area contributed by atoms with E-state index in [1.165, 1.54) is 0 Å². The van der Waals surface area contributed by atoms with Crippen molar-refractivity contribution in [2.24, 2.45) is 0 Å². The van der Waals surface area contributed by atoms with Gasteiger partial charge in [-0.05, 0) is 44.2 Å². The van der Waals surface area contributed by atoms with Gasteiger partial charge in [-0.2, -0.15) is 4.57 Å². The van der Waals surface area contributed by atoms with Crippen molar-refractivity contribution in [3.8, 4) is 0 Å². The van der Waals surface area contributed by atoms with Crippen LogP contribution in [0.4, 0.5) is 5.69 Å². The van der Waals surface area contributed by atoms with Crippen LogP contribution in [0.3, 0.4) is 0 Å². The first-order valence-corrected chi connectivity index (χ1v) is 9.27. The van der Waals surface area contributed by atoms with E-state index in [0.29, 0.717) is 27.5 Å². The number of pyridine rings is 1. The molecule has 1 heterocycles. The number of carbonyl (C=O) groups excluding carboxylic acids is 2. The molecule has 1 aliphatic carbocycles. The maximum Gasteiger partial charge on any atom is 0.286 e. The number of nitrogens with zero attached hydrogens (tertiary/aromatic N) is 1. The van der Waals surface area contributed by atoms with Gasteiger partial charge in [0.2, 0.25) is 5.78 Å². The van der Waals surface area contributed by atoms with Gasteiger partial charge in [0.25, 0.3) is 11.5 Å². The zero-order chi connectivity index (χ0) is 19.8. The lowest BCUT2D eigenvalue weighted by Gasteiger charge is -2.18. The number of nitrogens with one attached hydrogen (secondary N) is 1. The zero-order valence-electron chi connectivity index (χ0n) is 15.5. The van der Waals surface area contributed by atoms with Gasteiger partial charge >= 0.3 is 0 Å². The Morgan fingerprint density at radius 2 is 1.39 bits per heavy atom. The van der Waals surface area contributed by atoms with Gasteiger partial charge in [-0.15, -0.1) is 0 Å². The monoisotopic (exact) mass is 389 g/mol. The lowest BCUT2D eigenvalue weighted by Crippen LogP contribution is -2.42. The minimum atomic E-state index is -0.216. The third-order valence-electron chi connectivity index (χ3n) is 4.61. The van der Waals surface area contributed by atoms with E-state index in [1.807, 2.05) is 32.3 Å². The van der Waals surface area contributed by atoms with Crippen LogP contribution in [0.25, 0.3) is 5.70 Å². The number of hydrogen-bond acceptors (Lipinski definition) is 3. The van der Waals surface area contributed by atoms with Crippen LogP contribution in [0, 0.1) is 13.8 Å². The maximum absolute atomic E-state index is 13.3. The minimum absolute atomic E-state index is 0.193. The molecule has 0 radical (unpaired) electrons. The summed E-state index contributed by atoms with van der Waals surface area (Å²) in [7, 11) is 0. The van der Waals surface area contributed by atoms with Gasteiger partial charge in [0.1, 0.15) is 0 Å². The molecule has 1 aliphatic rings. The van der Waals surface area contributed by atoms with Gasteiger partial charge < -0.3 is 5.32 Å². The van der Waals surface area contributed by atoms with E-state index in [1.54, 1.807) is 53.1 Å². The fourth-order valence-electron chi connectivity index (χ4n) is 3.44. The largest absolute Gasteiger partial charge is 0.347 e. The summed E-state index contributed by atoms with van der Waals surface area (Å²) in [6.07, 6.45) is 3.70. The first kappa shape index (κ1) is 18.1. The lowest BCUT2D eigenvalue weighted by atomic mass is 9.90. The number of halogens is 1. The highest BCUT2D eigenvalue weighted by Gasteiger charge is 2.38. The number of ketones is 2. The van der Waals surface area contributed by atoms with Crippen LogP contribution in [-0.4, -0.2) is 11.6 Å². The van der Waals surface area contributed by atoms with E-state index in [0.717, 1.165) is 11.1 Å². The molecule has 3 aromatic rings. The first-order chi connectivity index (χ1) is 13.4. The van der Waals surface area contributed by atoms with Crippen molar-refractivity contribution in [1.29, 1.82) is 0 Å². The summed E-state index contributed by atoms with van der Waals surface area (Å²) < 4.78 is 1.74. The van der Waals surface area contributed by atoms with Crippen molar-refractivity contribution in [2.75, 3.05) is 5.32 Å². The van der Waals surface area contributed by atoms with E-state index >= 15 is 0 Å². The third-order valence-corrected chi connectivity index (χ3v) is 4.86. The molecule has 0 spiro atoms. The van der Waals surface area contributed by atoms with E-state index < -0.39 is 0 Å². The number of anilines is 1. The van der Waals surface area contributed by atoms with Crippen molar-refractivity contribution >= 4 is 34.6 Å². The second-order valence-electron chi connectivity index (χ2n) is 6.86. The van der Waals surface area contributed by atoms with Gasteiger partial charge in [0.05, 0.1) is 0 Å². The van der Waals surface area contributed by atoms with Crippen molar-refractivity contribution in [3.63, 3.8) is 0 Å². The molecular weight excluding hydrogens is 372 g/mol. The molecule has 5 heteroatoms. The highest BCUT2D eigenvalue weighted by atomic mass is 35.5. The predicted octanol–water partition coefficient (Wildman–Crippen LogP) is 4.60. The first-order valence-electron chi connectivity index (χ1n) is 8.89. The molecule has 1 N–H and O–H groups in total. The molecule has 0 fully saturated rings. The second-order valence-corrected chi connectivity index (χ2v) is 7.29. The Morgan fingerprint density at radius 3 is 2.00 bits per heavy atom. The Balaban J connectivity index is 1.94. The summed E-state index contributed by atoms with van der Waals surface area (Å²) in [4.78, 5) is 26.6. The Hall–Kier alpha value is -3.24. The Morgan fingerprint density at radius 1 is 0.821 bits per heavy atom. The average molecular weight is 390 g/mol. The standard InChI is InChI=1S/C23H17ClN2O2/c1-14-11-15(2)13-26(12-14)21-20(25-17-9-7-16(24)8-10-17)22(27)18-5-3-4-6-19(18)23(21)28/h3-13H,1-2H3/p+1. The van der Waals surface area contributed by atoms with Crippen LogP contribution in [0.1, 0.15) is 31.8 Å². The zero-order valence-corrected chi connectivity index (χ0v) is 16.2. The van der Waals surface area contributed by atoms with Crippen molar-refractivity contribution < 1.29 is 14.2 Å². The topological polar surface area (TPSA) is 50.1 Å². The molecule has 0 atom stereocenters. The summed E-state index contributed by atoms with van der Waals surface area (Å²) in [6, 6.07) is 15.9. The average Bonchev–Trinajstić information content (AvgIpc) is 2.67. The maximum atomic E-state index is 13.3. The van der Waals surface area contributed by atoms with E-state index in [-0.39, 0.29) is 17.3 Å². The number of allylic oxidation sites excluding steroid dienone is 2. The normalized spacial score (nSPS) is 13.5. The summed E-state index contributed by atoms with van der Waals surface area (Å²) in [5.41, 5.74) is 4.05. The minimum Gasteiger partial charge on any atom is -0.347 e. The number of benzene rings is 2. The molecule has 4 nitrogen and oxygen atoms in total. The summed E-state index contributed by atoms with van der Waals surface area (Å²) in [5.74, 6) is -0.409. The van der Waals surface area contributed by atoms with Crippen molar-refractivity contribution in [2.45, 2.75) is 13.8 Å². The highest BCUT2D eigenvalue weighted by Crippen LogP contribution is 2.28. The molecule has 0 bridgehead atoms. The molecule has 4 rings (SSSR count). The molecule has 1 aromatic heterocycles. The quantitative estimate of drug-likeness (QED) is 0.666. The number of aromatic nitrogens is 1. The second kappa shape index (κ2) is 7.06. The smallest absolute Gasteiger partial charge is 0.286 e. The van der Waals surface area contributed by atoms with Gasteiger partial charge in [-0.3, -0.25) is 9.59 Å². The molecule has 0 saturated carbocycles. The molecule has 0 saturated heterocycles. The summed E-state index contributed by atoms with van der Waals surface area (Å²) in [5, 5.41) is 3.74. The SMILES string of the molecule is Cc1cc(C)c[n+](C2=C(Nc3ccc(Cl)cc3)C(=O)c3ccccc3C2=O)c1. The van der Waals surface area contributed by atoms with Crippen LogP contribution in [0.15, 0.2) is 72.7 Å². The van der Waals surface area contributed by atoms with E-state index in [9.17, 15) is 9.59 Å². The van der Waals surface area contributed by atoms with Crippen LogP contribution in [0.5, 0.6) is 0 Å². The Bertz CT molecular complexity index is 1130. The van der Waals surface area contributed by atoms with Gasteiger partial charge in [-0.1, -0.05) is 35.9 Å². The van der Waals surface area contributed by atoms with Crippen LogP contribution in [0.2, 0.25) is 5.02 Å². The molecular formula is C23H18ClN2O2+. The summed E-state index contributed by atoms with van der Waals surface area (Å²) >= 11 is 5.97. The molecule has 0 unspecified atom stereocenters.